The minimum absolute atomic E-state index is 0.142. The van der Waals surface area contributed by atoms with Gasteiger partial charge in [-0.1, -0.05) is 57.0 Å². The second kappa shape index (κ2) is 12.7. The molecule has 0 unspecified atom stereocenters. The highest BCUT2D eigenvalue weighted by molar-refractivity contribution is 5.67. The monoisotopic (exact) mass is 363 g/mol. The quantitative estimate of drug-likeness (QED) is 0.457. The first-order chi connectivity index (χ1) is 12.6. The van der Waals surface area contributed by atoms with Gasteiger partial charge in [-0.25, -0.2) is 4.79 Å². The van der Waals surface area contributed by atoms with E-state index in [0.29, 0.717) is 6.61 Å². The van der Waals surface area contributed by atoms with Gasteiger partial charge in [0.1, 0.15) is 19.7 Å². The number of benzene rings is 1. The Hall–Kier alpha value is -1.55. The van der Waals surface area contributed by atoms with Crippen LogP contribution in [0, 0.1) is 0 Å². The smallest absolute Gasteiger partial charge is 0.409 e. The summed E-state index contributed by atoms with van der Waals surface area (Å²) >= 11 is 0. The molecule has 26 heavy (non-hydrogen) atoms. The Morgan fingerprint density at radius 3 is 2.04 bits per heavy atom. The molecule has 148 valence electrons. The van der Waals surface area contributed by atoms with E-state index in [1.165, 1.54) is 5.56 Å². The third-order valence-electron chi connectivity index (χ3n) is 5.31. The molecule has 1 rings (SSSR count). The van der Waals surface area contributed by atoms with Crippen LogP contribution in [0.3, 0.4) is 0 Å². The van der Waals surface area contributed by atoms with E-state index in [1.807, 2.05) is 4.90 Å². The van der Waals surface area contributed by atoms with Crippen molar-refractivity contribution in [3.63, 3.8) is 0 Å². The average molecular weight is 364 g/mol. The van der Waals surface area contributed by atoms with Crippen molar-refractivity contribution in [3.05, 3.63) is 35.9 Å². The van der Waals surface area contributed by atoms with Crippen LogP contribution in [0.25, 0.3) is 0 Å². The molecule has 0 N–H and O–H groups in total. The number of carbonyl (C=O) groups excluding carboxylic acids is 1. The zero-order chi connectivity index (χ0) is 19.3. The van der Waals surface area contributed by atoms with E-state index in [-0.39, 0.29) is 6.09 Å². The van der Waals surface area contributed by atoms with Crippen LogP contribution in [-0.2, 0) is 11.3 Å². The fourth-order valence-electron chi connectivity index (χ4n) is 3.22. The lowest BCUT2D eigenvalue weighted by Gasteiger charge is -2.37. The maximum absolute atomic E-state index is 12.5. The number of ether oxygens (including phenoxy) is 1. The molecule has 0 fully saturated rings. The standard InChI is InChI=1S/C22H39N2O2/c1-5-9-16-23(17-10-6-2)22(25)26-19-18-24(7-3,8-4)20-21-14-12-11-13-15-21/h11-15H,5-10,16-20H2,1-4H3/q+1. The number of quaternary nitrogens is 1. The molecule has 4 heteroatoms. The summed E-state index contributed by atoms with van der Waals surface area (Å²) in [7, 11) is 0. The maximum Gasteiger partial charge on any atom is 0.409 e. The molecular weight excluding hydrogens is 324 g/mol. The van der Waals surface area contributed by atoms with Crippen molar-refractivity contribution in [1.29, 1.82) is 0 Å². The number of hydrogen-bond acceptors (Lipinski definition) is 2. The summed E-state index contributed by atoms with van der Waals surface area (Å²) in [6.07, 6.45) is 4.13. The lowest BCUT2D eigenvalue weighted by molar-refractivity contribution is -0.937. The molecule has 0 bridgehead atoms. The van der Waals surface area contributed by atoms with Gasteiger partial charge in [0.15, 0.2) is 0 Å². The van der Waals surface area contributed by atoms with Gasteiger partial charge in [0.25, 0.3) is 0 Å². The normalized spacial score (nSPS) is 11.4. The second-order valence-electron chi connectivity index (χ2n) is 7.15. The van der Waals surface area contributed by atoms with Crippen molar-refractivity contribution in [2.24, 2.45) is 0 Å². The first-order valence-electron chi connectivity index (χ1n) is 10.4. The predicted octanol–water partition coefficient (Wildman–Crippen LogP) is 5.08. The van der Waals surface area contributed by atoms with Gasteiger partial charge in [0, 0.05) is 18.7 Å². The summed E-state index contributed by atoms with van der Waals surface area (Å²) in [6.45, 7) is 14.8. The minimum Gasteiger partial charge on any atom is -0.443 e. The lowest BCUT2D eigenvalue weighted by atomic mass is 10.2. The topological polar surface area (TPSA) is 29.5 Å². The SMILES string of the molecule is CCCCN(CCCC)C(=O)OCC[N+](CC)(CC)Cc1ccccc1. The Kier molecular flexibility index (Phi) is 11.0. The number of unbranched alkanes of at least 4 members (excludes halogenated alkanes) is 2. The first-order valence-corrected chi connectivity index (χ1v) is 10.4. The van der Waals surface area contributed by atoms with Crippen LogP contribution in [0.4, 0.5) is 4.79 Å². The van der Waals surface area contributed by atoms with Gasteiger partial charge in [-0.2, -0.15) is 0 Å². The molecule has 0 saturated heterocycles. The van der Waals surface area contributed by atoms with Crippen molar-refractivity contribution in [1.82, 2.24) is 4.90 Å². The van der Waals surface area contributed by atoms with E-state index < -0.39 is 0 Å². The molecule has 0 spiro atoms. The molecule has 0 atom stereocenters. The Labute approximate surface area is 160 Å². The minimum atomic E-state index is -0.142. The van der Waals surface area contributed by atoms with Gasteiger partial charge in [0.2, 0.25) is 0 Å². The summed E-state index contributed by atoms with van der Waals surface area (Å²) < 4.78 is 6.61. The molecule has 0 aliphatic carbocycles. The number of likely N-dealkylation sites (N-methyl/N-ethyl adjacent to an activating group) is 1. The first kappa shape index (κ1) is 22.5. The van der Waals surface area contributed by atoms with Crippen LogP contribution < -0.4 is 0 Å². The molecule has 1 aromatic carbocycles. The number of carbonyl (C=O) groups is 1. The zero-order valence-electron chi connectivity index (χ0n) is 17.4. The van der Waals surface area contributed by atoms with Crippen LogP contribution in [0.5, 0.6) is 0 Å². The van der Waals surface area contributed by atoms with Crippen LogP contribution in [0.2, 0.25) is 0 Å². The van der Waals surface area contributed by atoms with Crippen molar-refractivity contribution in [3.8, 4) is 0 Å². The number of hydrogen-bond donors (Lipinski definition) is 0. The summed E-state index contributed by atoms with van der Waals surface area (Å²) in [5.41, 5.74) is 1.34. The van der Waals surface area contributed by atoms with Gasteiger partial charge in [0.05, 0.1) is 13.1 Å². The molecular formula is C22H39N2O2+. The van der Waals surface area contributed by atoms with E-state index in [2.05, 4.69) is 58.0 Å². The fraction of sp³-hybridized carbons (Fsp3) is 0.682. The van der Waals surface area contributed by atoms with Crippen molar-refractivity contribution < 1.29 is 14.0 Å². The van der Waals surface area contributed by atoms with Gasteiger partial charge in [-0.3, -0.25) is 0 Å². The third kappa shape index (κ3) is 7.77. The maximum atomic E-state index is 12.5. The molecule has 1 aromatic rings. The van der Waals surface area contributed by atoms with E-state index in [9.17, 15) is 4.79 Å². The van der Waals surface area contributed by atoms with Crippen LogP contribution in [-0.4, -0.2) is 54.8 Å². The molecule has 0 radical (unpaired) electrons. The van der Waals surface area contributed by atoms with Crippen LogP contribution in [0.15, 0.2) is 30.3 Å². The van der Waals surface area contributed by atoms with Gasteiger partial charge < -0.3 is 14.1 Å². The molecule has 0 heterocycles. The largest absolute Gasteiger partial charge is 0.443 e. The fourth-order valence-corrected chi connectivity index (χ4v) is 3.22. The number of amides is 1. The Morgan fingerprint density at radius 1 is 0.962 bits per heavy atom. The zero-order valence-corrected chi connectivity index (χ0v) is 17.4. The van der Waals surface area contributed by atoms with Gasteiger partial charge >= 0.3 is 6.09 Å². The molecule has 0 aromatic heterocycles. The second-order valence-corrected chi connectivity index (χ2v) is 7.15. The van der Waals surface area contributed by atoms with Crippen molar-refractivity contribution in [2.45, 2.75) is 59.9 Å². The Bertz CT molecular complexity index is 478. The van der Waals surface area contributed by atoms with Crippen LogP contribution >= 0.6 is 0 Å². The van der Waals surface area contributed by atoms with E-state index >= 15 is 0 Å². The lowest BCUT2D eigenvalue weighted by Crippen LogP contribution is -2.49. The molecule has 1 amide bonds. The number of rotatable bonds is 13. The molecule has 4 nitrogen and oxygen atoms in total. The van der Waals surface area contributed by atoms with E-state index in [0.717, 1.165) is 69.4 Å². The number of nitrogens with zero attached hydrogens (tertiary/aromatic N) is 2. The van der Waals surface area contributed by atoms with Crippen molar-refractivity contribution >= 4 is 6.09 Å². The molecule has 0 saturated carbocycles. The van der Waals surface area contributed by atoms with Gasteiger partial charge in [-0.15, -0.1) is 0 Å². The van der Waals surface area contributed by atoms with Crippen molar-refractivity contribution in [2.75, 3.05) is 39.3 Å². The Morgan fingerprint density at radius 2 is 1.54 bits per heavy atom. The summed E-state index contributed by atoms with van der Waals surface area (Å²) in [6, 6.07) is 10.6. The van der Waals surface area contributed by atoms with Gasteiger partial charge in [-0.05, 0) is 26.7 Å². The summed E-state index contributed by atoms with van der Waals surface area (Å²) in [5.74, 6) is 0. The van der Waals surface area contributed by atoms with E-state index in [1.54, 1.807) is 0 Å². The molecule has 0 aliphatic heterocycles. The predicted molar refractivity (Wildman–Crippen MR) is 109 cm³/mol. The summed E-state index contributed by atoms with van der Waals surface area (Å²) in [4.78, 5) is 14.4. The Balaban J connectivity index is 2.57. The third-order valence-corrected chi connectivity index (χ3v) is 5.31. The summed E-state index contributed by atoms with van der Waals surface area (Å²) in [5, 5.41) is 0. The van der Waals surface area contributed by atoms with Crippen LogP contribution in [0.1, 0.15) is 58.9 Å². The highest BCUT2D eigenvalue weighted by Gasteiger charge is 2.25. The van der Waals surface area contributed by atoms with E-state index in [4.69, 9.17) is 4.74 Å². The molecule has 0 aliphatic rings. The highest BCUT2D eigenvalue weighted by Crippen LogP contribution is 2.14. The average Bonchev–Trinajstić information content (AvgIpc) is 2.68. The highest BCUT2D eigenvalue weighted by atomic mass is 16.6.